The molecule has 5 N–H and O–H groups in total. The van der Waals surface area contributed by atoms with Gasteiger partial charge in [0.25, 0.3) is 0 Å². The summed E-state index contributed by atoms with van der Waals surface area (Å²) in [6.45, 7) is 0.202. The van der Waals surface area contributed by atoms with E-state index in [2.05, 4.69) is 4.72 Å². The summed E-state index contributed by atoms with van der Waals surface area (Å²) < 4.78 is 25.8. The van der Waals surface area contributed by atoms with Gasteiger partial charge in [0.1, 0.15) is 0 Å². The van der Waals surface area contributed by atoms with Crippen molar-refractivity contribution in [2.45, 2.75) is 18.6 Å². The molecular weight excluding hydrogens is 254 g/mol. The van der Waals surface area contributed by atoms with E-state index in [1.807, 2.05) is 0 Å². The van der Waals surface area contributed by atoms with Crippen LogP contribution in [0.1, 0.15) is 18.4 Å². The number of anilines is 1. The van der Waals surface area contributed by atoms with Gasteiger partial charge in [-0.05, 0) is 24.1 Å². The number of carbonyl (C=O) groups is 1. The first-order valence-electron chi connectivity index (χ1n) is 5.49. The number of sulfonamides is 1. The van der Waals surface area contributed by atoms with Crippen LogP contribution in [-0.2, 0) is 20.6 Å². The Morgan fingerprint density at radius 1 is 1.33 bits per heavy atom. The van der Waals surface area contributed by atoms with Crippen molar-refractivity contribution in [3.63, 3.8) is 0 Å². The molecule has 6 nitrogen and oxygen atoms in total. The molecule has 0 saturated heterocycles. The summed E-state index contributed by atoms with van der Waals surface area (Å²) in [7, 11) is -3.41. The number of amides is 1. The Kier molecular flexibility index (Phi) is 5.11. The van der Waals surface area contributed by atoms with Crippen LogP contribution >= 0.6 is 0 Å². The van der Waals surface area contributed by atoms with Crippen LogP contribution in [0.3, 0.4) is 0 Å². The molecule has 0 aliphatic heterocycles. The van der Waals surface area contributed by atoms with Crippen LogP contribution in [0.15, 0.2) is 24.3 Å². The number of nitrogen functional groups attached to an aromatic ring is 1. The topological polar surface area (TPSA) is 115 Å². The average Bonchev–Trinajstić information content (AvgIpc) is 2.23. The Balaban J connectivity index is 2.47. The smallest absolute Gasteiger partial charge is 0.217 e. The van der Waals surface area contributed by atoms with Crippen molar-refractivity contribution in [3.8, 4) is 0 Å². The van der Waals surface area contributed by atoms with E-state index in [1.165, 1.54) is 0 Å². The number of nitrogens with one attached hydrogen (secondary N) is 1. The Morgan fingerprint density at radius 2 is 2.06 bits per heavy atom. The highest BCUT2D eigenvalue weighted by molar-refractivity contribution is 7.88. The summed E-state index contributed by atoms with van der Waals surface area (Å²) in [5, 5.41) is 0. The molecule has 0 unspecified atom stereocenters. The first kappa shape index (κ1) is 14.5. The summed E-state index contributed by atoms with van der Waals surface area (Å²) in [5.74, 6) is -0.570. The first-order chi connectivity index (χ1) is 8.39. The summed E-state index contributed by atoms with van der Waals surface area (Å²) in [6, 6.07) is 6.70. The van der Waals surface area contributed by atoms with Gasteiger partial charge in [-0.3, -0.25) is 4.79 Å². The summed E-state index contributed by atoms with van der Waals surface area (Å²) in [5.41, 5.74) is 11.7. The first-order valence-corrected chi connectivity index (χ1v) is 7.14. The Labute approximate surface area is 106 Å². The number of hydrogen-bond donors (Lipinski definition) is 3. The van der Waals surface area contributed by atoms with E-state index in [0.717, 1.165) is 0 Å². The van der Waals surface area contributed by atoms with E-state index >= 15 is 0 Å². The van der Waals surface area contributed by atoms with Crippen molar-refractivity contribution < 1.29 is 13.2 Å². The summed E-state index contributed by atoms with van der Waals surface area (Å²) in [4.78, 5) is 10.5. The molecular formula is C11H17N3O3S. The third-order valence-electron chi connectivity index (χ3n) is 2.23. The molecule has 0 atom stereocenters. The number of rotatable bonds is 7. The summed E-state index contributed by atoms with van der Waals surface area (Å²) in [6.07, 6.45) is 0.562. The van der Waals surface area contributed by atoms with Crippen molar-refractivity contribution >= 4 is 21.6 Å². The van der Waals surface area contributed by atoms with E-state index in [1.54, 1.807) is 24.3 Å². The van der Waals surface area contributed by atoms with Gasteiger partial charge in [0.15, 0.2) is 0 Å². The molecule has 18 heavy (non-hydrogen) atoms. The van der Waals surface area contributed by atoms with Crippen LogP contribution in [0, 0.1) is 0 Å². The number of benzene rings is 1. The molecule has 7 heteroatoms. The van der Waals surface area contributed by atoms with Crippen LogP contribution < -0.4 is 16.2 Å². The minimum Gasteiger partial charge on any atom is -0.399 e. The average molecular weight is 271 g/mol. The lowest BCUT2D eigenvalue weighted by atomic mass is 10.2. The molecule has 0 radical (unpaired) electrons. The minimum atomic E-state index is -3.41. The highest BCUT2D eigenvalue weighted by atomic mass is 32.2. The van der Waals surface area contributed by atoms with Gasteiger partial charge in [0.2, 0.25) is 15.9 Å². The lowest BCUT2D eigenvalue weighted by molar-refractivity contribution is -0.118. The van der Waals surface area contributed by atoms with Gasteiger partial charge < -0.3 is 11.5 Å². The molecule has 1 aromatic rings. The van der Waals surface area contributed by atoms with Crippen molar-refractivity contribution in [2.24, 2.45) is 5.73 Å². The quantitative estimate of drug-likeness (QED) is 0.476. The predicted octanol–water partition coefficient (Wildman–Crippen LogP) is -0.0463. The van der Waals surface area contributed by atoms with E-state index in [-0.39, 0.29) is 18.7 Å². The zero-order valence-electron chi connectivity index (χ0n) is 9.93. The SMILES string of the molecule is NC(=O)CCCNS(=O)(=O)Cc1cccc(N)c1. The van der Waals surface area contributed by atoms with Gasteiger partial charge in [-0.15, -0.1) is 0 Å². The third kappa shape index (κ3) is 5.65. The van der Waals surface area contributed by atoms with Gasteiger partial charge in [-0.2, -0.15) is 0 Å². The number of primary amides is 1. The van der Waals surface area contributed by atoms with Gasteiger partial charge in [-0.1, -0.05) is 12.1 Å². The molecule has 0 aromatic heterocycles. The maximum atomic E-state index is 11.7. The third-order valence-corrected chi connectivity index (χ3v) is 3.59. The fourth-order valence-electron chi connectivity index (χ4n) is 1.44. The molecule has 100 valence electrons. The molecule has 0 saturated carbocycles. The van der Waals surface area contributed by atoms with Crippen LogP contribution in [0.4, 0.5) is 5.69 Å². The molecule has 0 aliphatic carbocycles. The number of nitrogens with two attached hydrogens (primary N) is 2. The summed E-state index contributed by atoms with van der Waals surface area (Å²) >= 11 is 0. The lowest BCUT2D eigenvalue weighted by Gasteiger charge is -2.06. The number of carbonyl (C=O) groups excluding carboxylic acids is 1. The van der Waals surface area contributed by atoms with Crippen molar-refractivity contribution in [1.82, 2.24) is 4.72 Å². The highest BCUT2D eigenvalue weighted by Gasteiger charge is 2.11. The predicted molar refractivity (Wildman–Crippen MR) is 69.9 cm³/mol. The molecule has 0 fully saturated rings. The van der Waals surface area contributed by atoms with Crippen molar-refractivity contribution in [3.05, 3.63) is 29.8 Å². The highest BCUT2D eigenvalue weighted by Crippen LogP contribution is 2.09. The number of hydrogen-bond acceptors (Lipinski definition) is 4. The largest absolute Gasteiger partial charge is 0.399 e. The van der Waals surface area contributed by atoms with Crippen molar-refractivity contribution in [2.75, 3.05) is 12.3 Å². The standard InChI is InChI=1S/C11H17N3O3S/c12-10-4-1-3-9(7-10)8-18(16,17)14-6-2-5-11(13)15/h1,3-4,7,14H,2,5-6,8,12H2,(H2,13,15). The Hall–Kier alpha value is -1.60. The van der Waals surface area contributed by atoms with E-state index < -0.39 is 15.9 Å². The monoisotopic (exact) mass is 271 g/mol. The van der Waals surface area contributed by atoms with E-state index in [9.17, 15) is 13.2 Å². The van der Waals surface area contributed by atoms with Gasteiger partial charge in [0, 0.05) is 18.7 Å². The van der Waals surface area contributed by atoms with Gasteiger partial charge in [-0.25, -0.2) is 13.1 Å². The molecule has 0 heterocycles. The molecule has 1 aromatic carbocycles. The maximum Gasteiger partial charge on any atom is 0.217 e. The molecule has 0 bridgehead atoms. The normalized spacial score (nSPS) is 11.3. The molecule has 1 amide bonds. The Bertz CT molecular complexity index is 514. The second-order valence-electron chi connectivity index (χ2n) is 3.97. The minimum absolute atomic E-state index is 0.130. The fraction of sp³-hybridized carbons (Fsp3) is 0.364. The fourth-order valence-corrected chi connectivity index (χ4v) is 2.62. The second kappa shape index (κ2) is 6.36. The van der Waals surface area contributed by atoms with Crippen LogP contribution in [0.5, 0.6) is 0 Å². The van der Waals surface area contributed by atoms with Gasteiger partial charge in [0.05, 0.1) is 5.75 Å². The second-order valence-corrected chi connectivity index (χ2v) is 5.78. The Morgan fingerprint density at radius 3 is 2.67 bits per heavy atom. The van der Waals surface area contributed by atoms with Crippen LogP contribution in [-0.4, -0.2) is 20.9 Å². The molecule has 0 aliphatic rings. The van der Waals surface area contributed by atoms with Gasteiger partial charge >= 0.3 is 0 Å². The zero-order chi connectivity index (χ0) is 13.6. The van der Waals surface area contributed by atoms with E-state index in [0.29, 0.717) is 17.7 Å². The van der Waals surface area contributed by atoms with E-state index in [4.69, 9.17) is 11.5 Å². The zero-order valence-corrected chi connectivity index (χ0v) is 10.7. The van der Waals surface area contributed by atoms with Crippen LogP contribution in [0.2, 0.25) is 0 Å². The van der Waals surface area contributed by atoms with Crippen molar-refractivity contribution in [1.29, 1.82) is 0 Å². The maximum absolute atomic E-state index is 11.7. The molecule has 0 spiro atoms. The molecule has 1 rings (SSSR count). The lowest BCUT2D eigenvalue weighted by Crippen LogP contribution is -2.27. The van der Waals surface area contributed by atoms with Crippen LogP contribution in [0.25, 0.3) is 0 Å².